The first-order valence-corrected chi connectivity index (χ1v) is 17.1. The molecule has 0 unspecified atom stereocenters. The Balaban J connectivity index is 1.40. The van der Waals surface area contributed by atoms with Crippen molar-refractivity contribution in [1.82, 2.24) is 19.7 Å². The normalized spacial score (nSPS) is 22.8. The van der Waals surface area contributed by atoms with Crippen LogP contribution in [0.3, 0.4) is 0 Å². The number of rotatable bonds is 13. The van der Waals surface area contributed by atoms with Gasteiger partial charge in [0.1, 0.15) is 30.5 Å². The van der Waals surface area contributed by atoms with Crippen LogP contribution in [0.15, 0.2) is 6.20 Å². The minimum Gasteiger partial charge on any atom is -0.438 e. The molecule has 2 aliphatic rings. The average Bonchev–Trinajstić information content (AvgIpc) is 3.68. The maximum absolute atomic E-state index is 13.4. The molecule has 1 saturated heterocycles. The number of hydrogen-bond donors (Lipinski definition) is 3. The zero-order valence-electron chi connectivity index (χ0n) is 26.8. The third-order valence-electron chi connectivity index (χ3n) is 7.34. The maximum Gasteiger partial charge on any atom is 0.361 e. The Morgan fingerprint density at radius 3 is 2.17 bits per heavy atom. The van der Waals surface area contributed by atoms with Gasteiger partial charge < -0.3 is 34.5 Å². The van der Waals surface area contributed by atoms with Gasteiger partial charge in [0.15, 0.2) is 11.9 Å². The Hall–Kier alpha value is -2.43. The number of esters is 2. The van der Waals surface area contributed by atoms with Crippen LogP contribution in [0.1, 0.15) is 73.5 Å². The van der Waals surface area contributed by atoms with E-state index in [-0.39, 0.29) is 17.9 Å². The molecule has 4 atom stereocenters. The van der Waals surface area contributed by atoms with E-state index in [2.05, 4.69) is 20.4 Å². The molecule has 1 saturated carbocycles. The second-order valence-electron chi connectivity index (χ2n) is 13.3. The Kier molecular flexibility index (Phi) is 11.7. The number of ether oxygens (including phenoxy) is 4. The first-order chi connectivity index (χ1) is 21.5. The summed E-state index contributed by atoms with van der Waals surface area (Å²) in [7, 11) is -4.18. The van der Waals surface area contributed by atoms with E-state index in [1.807, 2.05) is 0 Å². The van der Waals surface area contributed by atoms with E-state index in [1.165, 1.54) is 10.9 Å². The van der Waals surface area contributed by atoms with Crippen molar-refractivity contribution in [3.63, 3.8) is 0 Å². The van der Waals surface area contributed by atoms with Gasteiger partial charge in [-0.3, -0.25) is 23.2 Å². The number of nitrogens with zero attached hydrogens (tertiary/aromatic N) is 4. The Bertz CT molecular complexity index is 1390. The van der Waals surface area contributed by atoms with Gasteiger partial charge >= 0.3 is 19.5 Å². The highest BCUT2D eigenvalue weighted by atomic mass is 35.5. The van der Waals surface area contributed by atoms with Crippen LogP contribution in [-0.4, -0.2) is 92.8 Å². The predicted molar refractivity (Wildman–Crippen MR) is 164 cm³/mol. The number of aliphatic hydroxyl groups excluding tert-OH is 2. The second-order valence-corrected chi connectivity index (χ2v) is 15.6. The summed E-state index contributed by atoms with van der Waals surface area (Å²) in [5, 5.41) is 29.9. The van der Waals surface area contributed by atoms with Crippen LogP contribution in [0.25, 0.3) is 11.0 Å². The van der Waals surface area contributed by atoms with Gasteiger partial charge in [-0.15, -0.1) is 0 Å². The lowest BCUT2D eigenvalue weighted by atomic mass is 9.98. The largest absolute Gasteiger partial charge is 0.438 e. The maximum atomic E-state index is 13.4. The number of nitrogens with one attached hydrogen (secondary N) is 1. The molecule has 1 aliphatic heterocycles. The number of carbonyl (C=O) groups excluding carboxylic acids is 2. The summed E-state index contributed by atoms with van der Waals surface area (Å²) in [6.07, 6.45) is -0.0623. The van der Waals surface area contributed by atoms with Crippen molar-refractivity contribution in [2.24, 2.45) is 10.8 Å². The van der Waals surface area contributed by atoms with Crippen LogP contribution >= 0.6 is 19.2 Å². The van der Waals surface area contributed by atoms with E-state index in [0.29, 0.717) is 16.9 Å². The number of anilines is 1. The number of halogens is 1. The molecular formula is C28H43ClN5O11P. The fourth-order valence-electron chi connectivity index (χ4n) is 4.67. The van der Waals surface area contributed by atoms with Crippen LogP contribution in [0.5, 0.6) is 0 Å². The van der Waals surface area contributed by atoms with Gasteiger partial charge in [-0.2, -0.15) is 15.1 Å². The van der Waals surface area contributed by atoms with Crippen molar-refractivity contribution >= 4 is 48.0 Å². The van der Waals surface area contributed by atoms with Gasteiger partial charge in [0.25, 0.3) is 0 Å². The Labute approximate surface area is 271 Å². The molecule has 4 rings (SSSR count). The monoisotopic (exact) mass is 691 g/mol. The standard InChI is InChI=1S/C28H43ClN5O11P/c1-27(2,3)24(37)41-13-43-46(39,44-14-42-25(38)28(4,5)6)15-40-12-18-19(35)20(36)23(45-18)34-22-17(11-30-34)21(32-26(29)33-22)31-16-9-7-8-10-16/h11,16,18-20,23,35-36H,7-10,12-15H2,1-6H3,(H,31,32,33)/t18-,19-,20-,23-/m1/s1. The topological polar surface area (TPSA) is 203 Å². The number of aliphatic hydroxyl groups is 2. The summed E-state index contributed by atoms with van der Waals surface area (Å²) in [5.41, 5.74) is -1.39. The van der Waals surface area contributed by atoms with E-state index in [1.54, 1.807) is 41.5 Å². The van der Waals surface area contributed by atoms with E-state index < -0.39 is 74.8 Å². The third-order valence-corrected chi connectivity index (χ3v) is 9.00. The third kappa shape index (κ3) is 9.13. The second kappa shape index (κ2) is 14.8. The van der Waals surface area contributed by atoms with Gasteiger partial charge in [0.05, 0.1) is 29.0 Å². The molecule has 0 aromatic carbocycles. The van der Waals surface area contributed by atoms with Crippen molar-refractivity contribution < 1.29 is 52.4 Å². The van der Waals surface area contributed by atoms with Crippen molar-refractivity contribution in [1.29, 1.82) is 0 Å². The molecule has 0 amide bonds. The van der Waals surface area contributed by atoms with Crippen LogP contribution in [0.2, 0.25) is 5.28 Å². The first kappa shape index (κ1) is 36.4. The van der Waals surface area contributed by atoms with Gasteiger partial charge in [-0.25, -0.2) is 4.68 Å². The zero-order chi connectivity index (χ0) is 33.9. The van der Waals surface area contributed by atoms with Crippen LogP contribution in [0, 0.1) is 10.8 Å². The summed E-state index contributed by atoms with van der Waals surface area (Å²) in [6.45, 7) is 8.00. The van der Waals surface area contributed by atoms with Crippen molar-refractivity contribution in [3.8, 4) is 0 Å². The molecule has 3 heterocycles. The van der Waals surface area contributed by atoms with Crippen molar-refractivity contribution in [2.75, 3.05) is 31.9 Å². The highest BCUT2D eigenvalue weighted by Gasteiger charge is 2.45. The number of hydrogen-bond acceptors (Lipinski definition) is 15. The van der Waals surface area contributed by atoms with E-state index in [4.69, 9.17) is 39.6 Å². The molecule has 0 spiro atoms. The molecule has 1 aliphatic carbocycles. The van der Waals surface area contributed by atoms with Crippen LogP contribution in [-0.2, 0) is 42.1 Å². The van der Waals surface area contributed by atoms with Crippen molar-refractivity contribution in [3.05, 3.63) is 11.5 Å². The summed E-state index contributed by atoms with van der Waals surface area (Å²) < 4.78 is 46.7. The fraction of sp³-hybridized carbons (Fsp3) is 0.750. The number of fused-ring (bicyclic) bond motifs is 1. The molecule has 18 heteroatoms. The van der Waals surface area contributed by atoms with Crippen LogP contribution in [0.4, 0.5) is 5.82 Å². The highest BCUT2D eigenvalue weighted by molar-refractivity contribution is 7.53. The summed E-state index contributed by atoms with van der Waals surface area (Å²) >= 11 is 6.22. The molecular weight excluding hydrogens is 649 g/mol. The quantitative estimate of drug-likeness (QED) is 0.118. The molecule has 258 valence electrons. The minimum atomic E-state index is -4.18. The molecule has 0 radical (unpaired) electrons. The highest BCUT2D eigenvalue weighted by Crippen LogP contribution is 2.48. The lowest BCUT2D eigenvalue weighted by molar-refractivity contribution is -0.162. The first-order valence-electron chi connectivity index (χ1n) is 15.0. The van der Waals surface area contributed by atoms with Gasteiger partial charge in [-0.05, 0) is 66.0 Å². The molecule has 2 aromatic heterocycles. The SMILES string of the molecule is CC(C)(C)C(=O)OCOP(=O)(COC[C@H]1O[C@@H](n2ncc3c(NC4CCCC4)nc(Cl)nc32)[C@H](O)[C@@H]1O)OCOC(=O)C(C)(C)C. The Morgan fingerprint density at radius 1 is 1.02 bits per heavy atom. The van der Waals surface area contributed by atoms with Gasteiger partial charge in [-0.1, -0.05) is 12.8 Å². The lowest BCUT2D eigenvalue weighted by Crippen LogP contribution is -2.34. The summed E-state index contributed by atoms with van der Waals surface area (Å²) in [4.78, 5) is 32.8. The number of carbonyl (C=O) groups is 2. The summed E-state index contributed by atoms with van der Waals surface area (Å²) in [5.74, 6) is -0.709. The molecule has 46 heavy (non-hydrogen) atoms. The smallest absolute Gasteiger partial charge is 0.361 e. The fourth-order valence-corrected chi connectivity index (χ4v) is 5.82. The molecule has 3 N–H and O–H groups in total. The van der Waals surface area contributed by atoms with E-state index in [9.17, 15) is 24.4 Å². The van der Waals surface area contributed by atoms with Gasteiger partial charge in [0, 0.05) is 6.04 Å². The average molecular weight is 692 g/mol. The molecule has 2 aromatic rings. The van der Waals surface area contributed by atoms with Crippen LogP contribution < -0.4 is 5.32 Å². The summed E-state index contributed by atoms with van der Waals surface area (Å²) in [6, 6.07) is 0.245. The van der Waals surface area contributed by atoms with E-state index >= 15 is 0 Å². The molecule has 2 fully saturated rings. The molecule has 0 bridgehead atoms. The van der Waals surface area contributed by atoms with E-state index in [0.717, 1.165) is 25.7 Å². The lowest BCUT2D eigenvalue weighted by Gasteiger charge is -2.22. The zero-order valence-corrected chi connectivity index (χ0v) is 28.5. The predicted octanol–water partition coefficient (Wildman–Crippen LogP) is 3.75. The molecule has 16 nitrogen and oxygen atoms in total. The minimum absolute atomic E-state index is 0.0280. The van der Waals surface area contributed by atoms with Gasteiger partial charge in [0.2, 0.25) is 18.9 Å². The van der Waals surface area contributed by atoms with Crippen molar-refractivity contribution in [2.45, 2.75) is 97.8 Å². The Morgan fingerprint density at radius 2 is 1.61 bits per heavy atom. The number of aromatic nitrogens is 4.